The zero-order valence-corrected chi connectivity index (χ0v) is 15.2. The van der Waals surface area contributed by atoms with Crippen molar-refractivity contribution in [3.63, 3.8) is 0 Å². The van der Waals surface area contributed by atoms with Gasteiger partial charge in [-0.3, -0.25) is 9.78 Å². The maximum Gasteiger partial charge on any atom is 0.258 e. The number of para-hydroxylation sites is 2. The Balaban J connectivity index is 1.50. The largest absolute Gasteiger partial charge is 0.490 e. The zero-order valence-electron chi connectivity index (χ0n) is 14.3. The average Bonchev–Trinajstić information content (AvgIpc) is 3.16. The van der Waals surface area contributed by atoms with E-state index in [1.165, 1.54) is 11.3 Å². The van der Waals surface area contributed by atoms with Crippen molar-refractivity contribution in [1.82, 2.24) is 15.3 Å². The predicted molar refractivity (Wildman–Crippen MR) is 100 cm³/mol. The summed E-state index contributed by atoms with van der Waals surface area (Å²) in [5, 5.41) is 5.61. The van der Waals surface area contributed by atoms with E-state index < -0.39 is 0 Å². The highest BCUT2D eigenvalue weighted by Gasteiger charge is 2.09. The van der Waals surface area contributed by atoms with E-state index in [-0.39, 0.29) is 12.5 Å². The predicted octanol–water partition coefficient (Wildman–Crippen LogP) is 3.30. The van der Waals surface area contributed by atoms with Crippen LogP contribution in [0.4, 0.5) is 0 Å². The Morgan fingerprint density at radius 2 is 1.96 bits per heavy atom. The van der Waals surface area contributed by atoms with Crippen LogP contribution >= 0.6 is 11.3 Å². The van der Waals surface area contributed by atoms with Gasteiger partial charge in [0.15, 0.2) is 18.1 Å². The topological polar surface area (TPSA) is 73.3 Å². The summed E-state index contributed by atoms with van der Waals surface area (Å²) in [4.78, 5) is 20.6. The molecule has 1 aromatic carbocycles. The van der Waals surface area contributed by atoms with Crippen molar-refractivity contribution in [1.29, 1.82) is 0 Å². The van der Waals surface area contributed by atoms with E-state index in [1.54, 1.807) is 18.5 Å². The van der Waals surface area contributed by atoms with E-state index in [2.05, 4.69) is 15.3 Å². The number of pyridine rings is 1. The maximum atomic E-state index is 12.0. The van der Waals surface area contributed by atoms with Gasteiger partial charge in [-0.1, -0.05) is 12.1 Å². The van der Waals surface area contributed by atoms with Gasteiger partial charge in [0.25, 0.3) is 5.91 Å². The Kier molecular flexibility index (Phi) is 6.16. The van der Waals surface area contributed by atoms with Crippen LogP contribution in [-0.2, 0) is 11.3 Å². The van der Waals surface area contributed by atoms with Crippen LogP contribution in [0.15, 0.2) is 54.2 Å². The van der Waals surface area contributed by atoms with Crippen molar-refractivity contribution < 1.29 is 14.3 Å². The molecule has 134 valence electrons. The summed E-state index contributed by atoms with van der Waals surface area (Å²) in [6.07, 6.45) is 3.49. The molecule has 0 fully saturated rings. The van der Waals surface area contributed by atoms with Gasteiger partial charge < -0.3 is 14.8 Å². The number of rotatable bonds is 8. The number of nitrogens with zero attached hydrogens (tertiary/aromatic N) is 2. The van der Waals surface area contributed by atoms with E-state index >= 15 is 0 Å². The van der Waals surface area contributed by atoms with Crippen LogP contribution in [0.3, 0.4) is 0 Å². The first kappa shape index (κ1) is 17.9. The summed E-state index contributed by atoms with van der Waals surface area (Å²) >= 11 is 1.52. The van der Waals surface area contributed by atoms with Gasteiger partial charge in [0.1, 0.15) is 5.01 Å². The van der Waals surface area contributed by atoms with Crippen molar-refractivity contribution in [3.05, 3.63) is 59.9 Å². The molecule has 1 N–H and O–H groups in total. The van der Waals surface area contributed by atoms with Gasteiger partial charge in [0.05, 0.1) is 18.8 Å². The molecule has 2 heterocycles. The summed E-state index contributed by atoms with van der Waals surface area (Å²) in [6, 6.07) is 11.1. The van der Waals surface area contributed by atoms with Gasteiger partial charge in [-0.05, 0) is 31.2 Å². The Bertz CT molecular complexity index is 852. The second-order valence-electron chi connectivity index (χ2n) is 5.33. The molecule has 0 aliphatic heterocycles. The zero-order chi connectivity index (χ0) is 18.2. The number of carbonyl (C=O) groups excluding carboxylic acids is 1. The SMILES string of the molecule is CCOc1ccccc1OCC(=O)NCc1csc(-c2cccnc2)n1. The quantitative estimate of drug-likeness (QED) is 0.659. The third-order valence-electron chi connectivity index (χ3n) is 3.43. The van der Waals surface area contributed by atoms with E-state index in [9.17, 15) is 4.79 Å². The first-order valence-corrected chi connectivity index (χ1v) is 9.10. The molecule has 0 atom stereocenters. The smallest absolute Gasteiger partial charge is 0.258 e. The number of hydrogen-bond donors (Lipinski definition) is 1. The van der Waals surface area contributed by atoms with Crippen LogP contribution in [0.2, 0.25) is 0 Å². The highest BCUT2D eigenvalue weighted by molar-refractivity contribution is 7.13. The van der Waals surface area contributed by atoms with E-state index in [1.807, 2.05) is 42.6 Å². The second-order valence-corrected chi connectivity index (χ2v) is 6.19. The lowest BCUT2D eigenvalue weighted by atomic mass is 10.3. The lowest BCUT2D eigenvalue weighted by molar-refractivity contribution is -0.123. The van der Waals surface area contributed by atoms with Gasteiger partial charge in [-0.25, -0.2) is 4.98 Å². The number of carbonyl (C=O) groups is 1. The monoisotopic (exact) mass is 369 g/mol. The number of thiazole rings is 1. The Labute approximate surface area is 155 Å². The number of amides is 1. The molecule has 3 rings (SSSR count). The fourth-order valence-corrected chi connectivity index (χ4v) is 3.05. The third kappa shape index (κ3) is 4.80. The molecule has 0 spiro atoms. The molecular weight excluding hydrogens is 350 g/mol. The minimum absolute atomic E-state index is 0.0797. The highest BCUT2D eigenvalue weighted by Crippen LogP contribution is 2.26. The maximum absolute atomic E-state index is 12.0. The Morgan fingerprint density at radius 3 is 2.69 bits per heavy atom. The van der Waals surface area contributed by atoms with Crippen molar-refractivity contribution in [3.8, 4) is 22.1 Å². The Hall–Kier alpha value is -2.93. The minimum Gasteiger partial charge on any atom is -0.490 e. The summed E-state index contributed by atoms with van der Waals surface area (Å²) in [5.74, 6) is 0.965. The van der Waals surface area contributed by atoms with E-state index in [0.717, 1.165) is 16.3 Å². The standard InChI is InChI=1S/C19H19N3O3S/c1-2-24-16-7-3-4-8-17(16)25-12-18(23)21-11-15-13-26-19(22-15)14-6-5-9-20-10-14/h3-10,13H,2,11-12H2,1H3,(H,21,23). The molecule has 0 aliphatic rings. The molecule has 1 amide bonds. The van der Waals surface area contributed by atoms with E-state index in [4.69, 9.17) is 9.47 Å². The molecule has 0 radical (unpaired) electrons. The number of nitrogens with one attached hydrogen (secondary N) is 1. The van der Waals surface area contributed by atoms with Gasteiger partial charge in [-0.2, -0.15) is 0 Å². The van der Waals surface area contributed by atoms with Gasteiger partial charge >= 0.3 is 0 Å². The Morgan fingerprint density at radius 1 is 1.15 bits per heavy atom. The highest BCUT2D eigenvalue weighted by atomic mass is 32.1. The molecule has 0 saturated carbocycles. The fraction of sp³-hybridized carbons (Fsp3) is 0.211. The first-order chi connectivity index (χ1) is 12.8. The molecule has 6 nitrogen and oxygen atoms in total. The van der Waals surface area contributed by atoms with Crippen LogP contribution in [0.5, 0.6) is 11.5 Å². The van der Waals surface area contributed by atoms with Crippen LogP contribution in [-0.4, -0.2) is 29.1 Å². The van der Waals surface area contributed by atoms with Gasteiger partial charge in [-0.15, -0.1) is 11.3 Å². The van der Waals surface area contributed by atoms with Crippen LogP contribution in [0.25, 0.3) is 10.6 Å². The molecule has 0 unspecified atom stereocenters. The number of ether oxygens (including phenoxy) is 2. The molecular formula is C19H19N3O3S. The van der Waals surface area contributed by atoms with Crippen molar-refractivity contribution in [2.45, 2.75) is 13.5 Å². The van der Waals surface area contributed by atoms with Gasteiger partial charge in [0.2, 0.25) is 0 Å². The number of aromatic nitrogens is 2. The summed E-state index contributed by atoms with van der Waals surface area (Å²) < 4.78 is 11.0. The third-order valence-corrected chi connectivity index (χ3v) is 4.37. The summed E-state index contributed by atoms with van der Waals surface area (Å²) in [7, 11) is 0. The lowest BCUT2D eigenvalue weighted by Crippen LogP contribution is -2.28. The summed E-state index contributed by atoms with van der Waals surface area (Å²) in [6.45, 7) is 2.71. The number of benzene rings is 1. The van der Waals surface area contributed by atoms with Crippen molar-refractivity contribution in [2.24, 2.45) is 0 Å². The molecule has 0 bridgehead atoms. The van der Waals surface area contributed by atoms with Crippen molar-refractivity contribution >= 4 is 17.2 Å². The molecule has 7 heteroatoms. The molecule has 26 heavy (non-hydrogen) atoms. The summed E-state index contributed by atoms with van der Waals surface area (Å²) in [5.41, 5.74) is 1.77. The normalized spacial score (nSPS) is 10.3. The fourth-order valence-electron chi connectivity index (χ4n) is 2.24. The second kappa shape index (κ2) is 8.96. The number of hydrogen-bond acceptors (Lipinski definition) is 6. The molecule has 2 aromatic heterocycles. The average molecular weight is 369 g/mol. The molecule has 0 saturated heterocycles. The molecule has 3 aromatic rings. The van der Waals surface area contributed by atoms with Gasteiger partial charge in [0, 0.05) is 23.3 Å². The van der Waals surface area contributed by atoms with Crippen molar-refractivity contribution in [2.75, 3.05) is 13.2 Å². The molecule has 0 aliphatic carbocycles. The lowest BCUT2D eigenvalue weighted by Gasteiger charge is -2.11. The minimum atomic E-state index is -0.216. The van der Waals surface area contributed by atoms with E-state index in [0.29, 0.717) is 24.7 Å². The van der Waals surface area contributed by atoms with Crippen LogP contribution in [0, 0.1) is 0 Å². The first-order valence-electron chi connectivity index (χ1n) is 8.22. The van der Waals surface area contributed by atoms with Crippen LogP contribution < -0.4 is 14.8 Å². The van der Waals surface area contributed by atoms with Crippen LogP contribution in [0.1, 0.15) is 12.6 Å².